The lowest BCUT2D eigenvalue weighted by atomic mass is 9.99. The van der Waals surface area contributed by atoms with Crippen molar-refractivity contribution in [3.05, 3.63) is 70.8 Å². The summed E-state index contributed by atoms with van der Waals surface area (Å²) in [5.41, 5.74) is 1.87. The van der Waals surface area contributed by atoms with E-state index in [1.54, 1.807) is 12.1 Å². The number of aryl methyl sites for hydroxylation is 1. The van der Waals surface area contributed by atoms with Crippen molar-refractivity contribution in [1.82, 2.24) is 0 Å². The molecule has 0 bridgehead atoms. The zero-order chi connectivity index (χ0) is 13.8. The zero-order valence-corrected chi connectivity index (χ0v) is 10.7. The molecule has 0 heterocycles. The Morgan fingerprint density at radius 3 is 2.32 bits per heavy atom. The Morgan fingerprint density at radius 2 is 1.74 bits per heavy atom. The number of halogens is 2. The number of benzene rings is 2. The molecule has 2 rings (SSSR count). The number of hydrogen-bond donors (Lipinski definition) is 1. The number of hydrogen-bond acceptors (Lipinski definition) is 1. The molecule has 0 saturated carbocycles. The summed E-state index contributed by atoms with van der Waals surface area (Å²) in [5, 5.41) is 10.1. The molecule has 3 heteroatoms. The Kier molecular flexibility index (Phi) is 4.27. The van der Waals surface area contributed by atoms with E-state index < -0.39 is 17.7 Å². The lowest BCUT2D eigenvalue weighted by molar-refractivity contribution is 0.214. The van der Waals surface area contributed by atoms with Gasteiger partial charge in [-0.25, -0.2) is 8.78 Å². The fourth-order valence-electron chi connectivity index (χ4n) is 2.06. The quantitative estimate of drug-likeness (QED) is 0.883. The highest BCUT2D eigenvalue weighted by Gasteiger charge is 2.15. The first kappa shape index (κ1) is 13.7. The molecule has 0 aromatic heterocycles. The van der Waals surface area contributed by atoms with Crippen molar-refractivity contribution < 1.29 is 13.9 Å². The van der Waals surface area contributed by atoms with E-state index in [0.29, 0.717) is 5.56 Å². The van der Waals surface area contributed by atoms with Crippen LogP contribution in [0.15, 0.2) is 42.5 Å². The molecule has 1 N–H and O–H groups in total. The van der Waals surface area contributed by atoms with E-state index in [1.165, 1.54) is 11.6 Å². The Morgan fingerprint density at radius 1 is 1.05 bits per heavy atom. The first-order chi connectivity index (χ1) is 9.11. The van der Waals surface area contributed by atoms with Crippen molar-refractivity contribution in [2.75, 3.05) is 0 Å². The van der Waals surface area contributed by atoms with Gasteiger partial charge in [-0.05, 0) is 23.6 Å². The maximum absolute atomic E-state index is 13.6. The van der Waals surface area contributed by atoms with Crippen molar-refractivity contribution >= 4 is 0 Å². The van der Waals surface area contributed by atoms with Crippen LogP contribution in [-0.4, -0.2) is 5.11 Å². The maximum atomic E-state index is 13.6. The van der Waals surface area contributed by atoms with Gasteiger partial charge in [-0.15, -0.1) is 0 Å². The predicted molar refractivity (Wildman–Crippen MR) is 70.9 cm³/mol. The van der Waals surface area contributed by atoms with Gasteiger partial charge in [0.1, 0.15) is 17.7 Å². The Labute approximate surface area is 111 Å². The Balaban J connectivity index is 2.25. The van der Waals surface area contributed by atoms with E-state index in [1.807, 2.05) is 12.1 Å². The third-order valence-corrected chi connectivity index (χ3v) is 3.09. The van der Waals surface area contributed by atoms with Gasteiger partial charge in [-0.2, -0.15) is 0 Å². The van der Waals surface area contributed by atoms with Gasteiger partial charge in [-0.3, -0.25) is 0 Å². The lowest BCUT2D eigenvalue weighted by Gasteiger charge is -2.13. The summed E-state index contributed by atoms with van der Waals surface area (Å²) in [6.07, 6.45) is 0.951. The largest absolute Gasteiger partial charge is 0.384 e. The van der Waals surface area contributed by atoms with Gasteiger partial charge in [0.15, 0.2) is 0 Å². The first-order valence-electron chi connectivity index (χ1n) is 6.33. The minimum Gasteiger partial charge on any atom is -0.384 e. The zero-order valence-electron chi connectivity index (χ0n) is 10.7. The molecule has 0 fully saturated rings. The van der Waals surface area contributed by atoms with Crippen molar-refractivity contribution in [3.63, 3.8) is 0 Å². The molecule has 1 nitrogen and oxygen atoms in total. The van der Waals surface area contributed by atoms with E-state index in [-0.39, 0.29) is 5.56 Å². The molecule has 19 heavy (non-hydrogen) atoms. The van der Waals surface area contributed by atoms with E-state index in [9.17, 15) is 13.9 Å². The third-order valence-electron chi connectivity index (χ3n) is 3.09. The summed E-state index contributed by atoms with van der Waals surface area (Å²) >= 11 is 0. The van der Waals surface area contributed by atoms with Crippen molar-refractivity contribution in [2.24, 2.45) is 0 Å². The van der Waals surface area contributed by atoms with Crippen LogP contribution >= 0.6 is 0 Å². The smallest absolute Gasteiger partial charge is 0.132 e. The van der Waals surface area contributed by atoms with Gasteiger partial charge in [-0.1, -0.05) is 43.7 Å². The molecule has 0 saturated heterocycles. The molecule has 1 unspecified atom stereocenters. The molecule has 0 aliphatic heterocycles. The number of rotatable bonds is 4. The van der Waals surface area contributed by atoms with Crippen molar-refractivity contribution in [1.29, 1.82) is 0 Å². The van der Waals surface area contributed by atoms with E-state index >= 15 is 0 Å². The van der Waals surface area contributed by atoms with Gasteiger partial charge < -0.3 is 5.11 Å². The summed E-state index contributed by atoms with van der Waals surface area (Å²) in [7, 11) is 0. The normalized spacial score (nSPS) is 12.4. The van der Waals surface area contributed by atoms with Crippen LogP contribution in [0.4, 0.5) is 8.78 Å². The van der Waals surface area contributed by atoms with Crippen LogP contribution in [0.1, 0.15) is 36.1 Å². The van der Waals surface area contributed by atoms with Crippen molar-refractivity contribution in [3.8, 4) is 0 Å². The standard InChI is InChI=1S/C16H16F2O/c1-2-3-11-4-6-12(7-5-11)16(19)14-9-8-13(17)10-15(14)18/h4-10,16,19H,2-3H2,1H3. The fraction of sp³-hybridized carbons (Fsp3) is 0.250. The molecular weight excluding hydrogens is 246 g/mol. The van der Waals surface area contributed by atoms with Crippen LogP contribution in [0, 0.1) is 11.6 Å². The topological polar surface area (TPSA) is 20.2 Å². The second-order valence-corrected chi connectivity index (χ2v) is 4.56. The molecule has 2 aromatic carbocycles. The van der Waals surface area contributed by atoms with Crippen LogP contribution in [0.5, 0.6) is 0 Å². The molecule has 100 valence electrons. The summed E-state index contributed by atoms with van der Waals surface area (Å²) in [5.74, 6) is -1.38. The first-order valence-corrected chi connectivity index (χ1v) is 6.33. The monoisotopic (exact) mass is 262 g/mol. The van der Waals surface area contributed by atoms with Gasteiger partial charge >= 0.3 is 0 Å². The Hall–Kier alpha value is -1.74. The van der Waals surface area contributed by atoms with Crippen LogP contribution in [0.25, 0.3) is 0 Å². The van der Waals surface area contributed by atoms with Gasteiger partial charge in [0, 0.05) is 11.6 Å². The second kappa shape index (κ2) is 5.93. The number of aliphatic hydroxyl groups is 1. The molecule has 0 amide bonds. The minimum absolute atomic E-state index is 0.0876. The summed E-state index contributed by atoms with van der Waals surface area (Å²) in [4.78, 5) is 0. The molecule has 1 atom stereocenters. The van der Waals surface area contributed by atoms with Crippen LogP contribution < -0.4 is 0 Å². The van der Waals surface area contributed by atoms with Crippen molar-refractivity contribution in [2.45, 2.75) is 25.9 Å². The molecule has 0 radical (unpaired) electrons. The van der Waals surface area contributed by atoms with E-state index in [0.717, 1.165) is 25.0 Å². The SMILES string of the molecule is CCCc1ccc(C(O)c2ccc(F)cc2F)cc1. The highest BCUT2D eigenvalue weighted by molar-refractivity contribution is 5.32. The highest BCUT2D eigenvalue weighted by Crippen LogP contribution is 2.25. The highest BCUT2D eigenvalue weighted by atomic mass is 19.1. The lowest BCUT2D eigenvalue weighted by Crippen LogP contribution is -2.03. The second-order valence-electron chi connectivity index (χ2n) is 4.56. The van der Waals surface area contributed by atoms with Gasteiger partial charge in [0.25, 0.3) is 0 Å². The minimum atomic E-state index is -1.07. The summed E-state index contributed by atoms with van der Waals surface area (Å²) in [6, 6.07) is 10.6. The molecule has 0 spiro atoms. The molecular formula is C16H16F2O. The van der Waals surface area contributed by atoms with Gasteiger partial charge in [0.05, 0.1) is 0 Å². The average Bonchev–Trinajstić information content (AvgIpc) is 2.39. The predicted octanol–water partition coefficient (Wildman–Crippen LogP) is 4.00. The fourth-order valence-corrected chi connectivity index (χ4v) is 2.06. The maximum Gasteiger partial charge on any atom is 0.132 e. The van der Waals surface area contributed by atoms with E-state index in [2.05, 4.69) is 6.92 Å². The van der Waals surface area contributed by atoms with Gasteiger partial charge in [0.2, 0.25) is 0 Å². The number of aliphatic hydroxyl groups excluding tert-OH is 1. The van der Waals surface area contributed by atoms with E-state index in [4.69, 9.17) is 0 Å². The average molecular weight is 262 g/mol. The molecule has 0 aliphatic carbocycles. The summed E-state index contributed by atoms with van der Waals surface area (Å²) in [6.45, 7) is 2.09. The molecule has 0 aliphatic rings. The Bertz CT molecular complexity index is 549. The van der Waals surface area contributed by atoms with Crippen LogP contribution in [-0.2, 0) is 6.42 Å². The summed E-state index contributed by atoms with van der Waals surface area (Å²) < 4.78 is 26.4. The van der Waals surface area contributed by atoms with Crippen LogP contribution in [0.2, 0.25) is 0 Å². The van der Waals surface area contributed by atoms with Crippen LogP contribution in [0.3, 0.4) is 0 Å². The third kappa shape index (κ3) is 3.18. The molecule has 2 aromatic rings.